The molecule has 0 radical (unpaired) electrons. The van der Waals surface area contributed by atoms with E-state index >= 15 is 0 Å². The molecule has 1 fully saturated rings. The molecule has 54 valence electrons. The molecule has 0 saturated heterocycles. The zero-order valence-electron chi connectivity index (χ0n) is 6.65. The van der Waals surface area contributed by atoms with Gasteiger partial charge in [0.1, 0.15) is 0 Å². The van der Waals surface area contributed by atoms with Gasteiger partial charge in [-0.2, -0.15) is 0 Å². The van der Waals surface area contributed by atoms with Crippen LogP contribution in [0.2, 0.25) is 0 Å². The fourth-order valence-corrected chi connectivity index (χ4v) is 1.52. The van der Waals surface area contributed by atoms with Crippen molar-refractivity contribution in [3.8, 4) is 0 Å². The molecule has 2 N–H and O–H groups in total. The molecule has 1 heteroatoms. The first-order valence-electron chi connectivity index (χ1n) is 3.83. The minimum atomic E-state index is 0.458. The molecule has 1 saturated carbocycles. The summed E-state index contributed by atoms with van der Waals surface area (Å²) in [6.45, 7) is 6.76. The lowest BCUT2D eigenvalue weighted by molar-refractivity contribution is 0.469. The molecule has 0 aromatic heterocycles. The number of hydrogen-bond acceptors (Lipinski definition) is 1. The Labute approximate surface area is 57.6 Å². The Kier molecular flexibility index (Phi) is 1.55. The summed E-state index contributed by atoms with van der Waals surface area (Å²) in [6, 6.07) is 0.458. The van der Waals surface area contributed by atoms with Gasteiger partial charge in [-0.1, -0.05) is 20.8 Å². The molecule has 1 aliphatic rings. The maximum Gasteiger partial charge on any atom is 0.00698 e. The topological polar surface area (TPSA) is 26.0 Å². The van der Waals surface area contributed by atoms with Crippen LogP contribution in [-0.2, 0) is 0 Å². The van der Waals surface area contributed by atoms with E-state index in [9.17, 15) is 0 Å². The fraction of sp³-hybridized carbons (Fsp3) is 1.00. The number of rotatable bonds is 2. The van der Waals surface area contributed by atoms with Crippen LogP contribution < -0.4 is 5.73 Å². The Hall–Kier alpha value is -0.0400. The van der Waals surface area contributed by atoms with Crippen LogP contribution in [0, 0.1) is 11.3 Å². The average Bonchev–Trinajstić information content (AvgIpc) is 2.38. The summed E-state index contributed by atoms with van der Waals surface area (Å²) in [5, 5.41) is 0. The highest BCUT2D eigenvalue weighted by atomic mass is 14.7. The number of hydrogen-bond donors (Lipinski definition) is 1. The Bertz CT molecular complexity index is 107. The third-order valence-electron chi connectivity index (χ3n) is 2.58. The van der Waals surface area contributed by atoms with Gasteiger partial charge in [-0.05, 0) is 24.2 Å². The standard InChI is InChI=1S/C8H17N/c1-4-7(9)6-5-8(6,2)3/h6-7H,4-5,9H2,1-3H3/t6?,7-/m1/s1. The molecule has 1 nitrogen and oxygen atoms in total. The monoisotopic (exact) mass is 127 g/mol. The van der Waals surface area contributed by atoms with Crippen LogP contribution >= 0.6 is 0 Å². The van der Waals surface area contributed by atoms with E-state index in [4.69, 9.17) is 5.73 Å². The Morgan fingerprint density at radius 2 is 2.11 bits per heavy atom. The average molecular weight is 127 g/mol. The Morgan fingerprint density at radius 3 is 2.22 bits per heavy atom. The maximum absolute atomic E-state index is 5.85. The number of nitrogens with two attached hydrogens (primary N) is 1. The van der Waals surface area contributed by atoms with Crippen LogP contribution in [0.4, 0.5) is 0 Å². The molecule has 0 aromatic rings. The highest BCUT2D eigenvalue weighted by Gasteiger charge is 2.48. The quantitative estimate of drug-likeness (QED) is 0.601. The summed E-state index contributed by atoms with van der Waals surface area (Å²) in [4.78, 5) is 0. The van der Waals surface area contributed by atoms with Gasteiger partial charge < -0.3 is 5.73 Å². The van der Waals surface area contributed by atoms with E-state index < -0.39 is 0 Å². The van der Waals surface area contributed by atoms with Crippen LogP contribution in [0.5, 0.6) is 0 Å². The zero-order chi connectivity index (χ0) is 7.07. The van der Waals surface area contributed by atoms with Crippen molar-refractivity contribution in [1.82, 2.24) is 0 Å². The van der Waals surface area contributed by atoms with Gasteiger partial charge in [-0.3, -0.25) is 0 Å². The van der Waals surface area contributed by atoms with Crippen LogP contribution in [0.25, 0.3) is 0 Å². The largest absolute Gasteiger partial charge is 0.327 e. The fourth-order valence-electron chi connectivity index (χ4n) is 1.52. The molecule has 0 bridgehead atoms. The lowest BCUT2D eigenvalue weighted by Gasteiger charge is -2.09. The molecule has 2 atom stereocenters. The summed E-state index contributed by atoms with van der Waals surface area (Å²) < 4.78 is 0. The van der Waals surface area contributed by atoms with Crippen molar-refractivity contribution < 1.29 is 0 Å². The predicted octanol–water partition coefficient (Wildman–Crippen LogP) is 1.77. The van der Waals surface area contributed by atoms with Gasteiger partial charge in [-0.25, -0.2) is 0 Å². The van der Waals surface area contributed by atoms with Gasteiger partial charge in [0, 0.05) is 6.04 Å². The minimum absolute atomic E-state index is 0.458. The van der Waals surface area contributed by atoms with Gasteiger partial charge in [-0.15, -0.1) is 0 Å². The summed E-state index contributed by atoms with van der Waals surface area (Å²) >= 11 is 0. The molecule has 0 aliphatic heterocycles. The molecule has 1 unspecified atom stereocenters. The molecule has 0 heterocycles. The molecular weight excluding hydrogens is 110 g/mol. The molecule has 1 aliphatic carbocycles. The van der Waals surface area contributed by atoms with E-state index in [-0.39, 0.29) is 0 Å². The summed E-state index contributed by atoms with van der Waals surface area (Å²) in [5.74, 6) is 0.808. The molecule has 0 aromatic carbocycles. The van der Waals surface area contributed by atoms with Crippen molar-refractivity contribution in [3.05, 3.63) is 0 Å². The van der Waals surface area contributed by atoms with E-state index in [1.54, 1.807) is 0 Å². The second-order valence-corrected chi connectivity index (χ2v) is 3.87. The van der Waals surface area contributed by atoms with E-state index in [0.29, 0.717) is 11.5 Å². The van der Waals surface area contributed by atoms with Crippen LogP contribution in [0.1, 0.15) is 33.6 Å². The Balaban J connectivity index is 2.33. The van der Waals surface area contributed by atoms with Crippen LogP contribution in [0.15, 0.2) is 0 Å². The first kappa shape index (κ1) is 7.07. The van der Waals surface area contributed by atoms with E-state index in [1.807, 2.05) is 0 Å². The zero-order valence-corrected chi connectivity index (χ0v) is 6.65. The van der Waals surface area contributed by atoms with Crippen molar-refractivity contribution in [2.45, 2.75) is 39.7 Å². The summed E-state index contributed by atoms with van der Waals surface area (Å²) in [6.07, 6.45) is 2.47. The molecule has 0 amide bonds. The SMILES string of the molecule is CC[C@@H](N)C1CC1(C)C. The molecule has 0 spiro atoms. The van der Waals surface area contributed by atoms with Gasteiger partial charge in [0.25, 0.3) is 0 Å². The third kappa shape index (κ3) is 1.26. The predicted molar refractivity (Wildman–Crippen MR) is 40.2 cm³/mol. The lowest BCUT2D eigenvalue weighted by Crippen LogP contribution is -2.23. The van der Waals surface area contributed by atoms with E-state index in [2.05, 4.69) is 20.8 Å². The van der Waals surface area contributed by atoms with Gasteiger partial charge >= 0.3 is 0 Å². The van der Waals surface area contributed by atoms with Crippen molar-refractivity contribution >= 4 is 0 Å². The highest BCUT2D eigenvalue weighted by Crippen LogP contribution is 2.53. The van der Waals surface area contributed by atoms with Gasteiger partial charge in [0.15, 0.2) is 0 Å². The van der Waals surface area contributed by atoms with Crippen molar-refractivity contribution in [2.75, 3.05) is 0 Å². The highest BCUT2D eigenvalue weighted by molar-refractivity contribution is 5.00. The first-order valence-corrected chi connectivity index (χ1v) is 3.83. The van der Waals surface area contributed by atoms with E-state index in [0.717, 1.165) is 12.3 Å². The first-order chi connectivity index (χ1) is 4.08. The second-order valence-electron chi connectivity index (χ2n) is 3.87. The molecular formula is C8H17N. The van der Waals surface area contributed by atoms with Crippen molar-refractivity contribution in [3.63, 3.8) is 0 Å². The van der Waals surface area contributed by atoms with Crippen molar-refractivity contribution in [2.24, 2.45) is 17.1 Å². The normalized spacial score (nSPS) is 34.0. The lowest BCUT2D eigenvalue weighted by atomic mass is 10.0. The van der Waals surface area contributed by atoms with Gasteiger partial charge in [0.05, 0.1) is 0 Å². The Morgan fingerprint density at radius 1 is 1.67 bits per heavy atom. The van der Waals surface area contributed by atoms with E-state index in [1.165, 1.54) is 6.42 Å². The maximum atomic E-state index is 5.85. The van der Waals surface area contributed by atoms with Gasteiger partial charge in [0.2, 0.25) is 0 Å². The molecule has 9 heavy (non-hydrogen) atoms. The van der Waals surface area contributed by atoms with Crippen LogP contribution in [-0.4, -0.2) is 6.04 Å². The van der Waals surface area contributed by atoms with Crippen LogP contribution in [0.3, 0.4) is 0 Å². The van der Waals surface area contributed by atoms with Crippen molar-refractivity contribution in [1.29, 1.82) is 0 Å². The summed E-state index contributed by atoms with van der Waals surface area (Å²) in [7, 11) is 0. The third-order valence-corrected chi connectivity index (χ3v) is 2.58. The smallest absolute Gasteiger partial charge is 0.00698 e. The second kappa shape index (κ2) is 1.98. The minimum Gasteiger partial charge on any atom is -0.327 e. The summed E-state index contributed by atoms with van der Waals surface area (Å²) in [5.41, 5.74) is 6.42. The molecule has 1 rings (SSSR count).